The summed E-state index contributed by atoms with van der Waals surface area (Å²) in [6.45, 7) is 1.79. The van der Waals surface area contributed by atoms with Crippen LogP contribution < -0.4 is 0 Å². The molecule has 1 aliphatic rings. The highest BCUT2D eigenvalue weighted by Crippen LogP contribution is 2.32. The van der Waals surface area contributed by atoms with Gasteiger partial charge in [0.05, 0.1) is 5.92 Å². The molecule has 0 aromatic heterocycles. The van der Waals surface area contributed by atoms with Crippen molar-refractivity contribution in [3.63, 3.8) is 0 Å². The minimum Gasteiger partial charge on any atom is -0.508 e. The number of unbranched alkanes of at least 4 members (excludes halogenated alkanes) is 1. The molecule has 0 heterocycles. The van der Waals surface area contributed by atoms with E-state index in [0.29, 0.717) is 32.1 Å². The van der Waals surface area contributed by atoms with Crippen LogP contribution in [-0.2, 0) is 22.4 Å². The third-order valence-electron chi connectivity index (χ3n) is 4.19. The molecule has 3 nitrogen and oxygen atoms in total. The van der Waals surface area contributed by atoms with Crippen LogP contribution in [0.2, 0.25) is 0 Å². The van der Waals surface area contributed by atoms with Crippen LogP contribution in [0.4, 0.5) is 13.2 Å². The molecule has 6 heteroatoms. The Morgan fingerprint density at radius 3 is 2.78 bits per heavy atom. The normalized spacial score (nSPS) is 19.0. The van der Waals surface area contributed by atoms with Gasteiger partial charge in [0.1, 0.15) is 5.75 Å². The summed E-state index contributed by atoms with van der Waals surface area (Å²) in [4.78, 5) is 12.1. The summed E-state index contributed by atoms with van der Waals surface area (Å²) in [5.41, 5.74) is 1.82. The number of rotatable bonds is 5. The molecule has 0 saturated heterocycles. The lowest BCUT2D eigenvalue weighted by Crippen LogP contribution is -2.37. The number of hydrogen-bond donors (Lipinski definition) is 1. The fourth-order valence-electron chi connectivity index (χ4n) is 2.86. The second kappa shape index (κ2) is 7.23. The molecule has 23 heavy (non-hydrogen) atoms. The van der Waals surface area contributed by atoms with E-state index in [0.717, 1.165) is 11.1 Å². The van der Waals surface area contributed by atoms with Gasteiger partial charge in [0.25, 0.3) is 0 Å². The van der Waals surface area contributed by atoms with Crippen molar-refractivity contribution in [3.8, 4) is 5.75 Å². The summed E-state index contributed by atoms with van der Waals surface area (Å²) in [6, 6.07) is 4.87. The molecule has 0 amide bonds. The predicted octanol–water partition coefficient (Wildman–Crippen LogP) is 4.16. The Labute approximate surface area is 133 Å². The lowest BCUT2D eigenvalue weighted by Gasteiger charge is -2.26. The molecule has 0 bridgehead atoms. The molecule has 128 valence electrons. The van der Waals surface area contributed by atoms with Crippen LogP contribution in [0.5, 0.6) is 5.75 Å². The number of benzene rings is 1. The number of hydrogen-bond acceptors (Lipinski definition) is 3. The fraction of sp³-hybridized carbons (Fsp3) is 0.588. The van der Waals surface area contributed by atoms with Crippen LogP contribution in [0.25, 0.3) is 0 Å². The van der Waals surface area contributed by atoms with Crippen molar-refractivity contribution in [1.82, 2.24) is 0 Å². The van der Waals surface area contributed by atoms with E-state index in [-0.39, 0.29) is 12.2 Å². The van der Waals surface area contributed by atoms with Crippen LogP contribution in [0.15, 0.2) is 18.2 Å². The molecule has 1 aromatic rings. The van der Waals surface area contributed by atoms with E-state index in [1.54, 1.807) is 19.1 Å². The van der Waals surface area contributed by atoms with Gasteiger partial charge in [-0.1, -0.05) is 19.4 Å². The van der Waals surface area contributed by atoms with Crippen molar-refractivity contribution in [1.29, 1.82) is 0 Å². The predicted molar refractivity (Wildman–Crippen MR) is 79.1 cm³/mol. The standard InChI is InChI=1S/C17H21F3O3/c1-2-3-4-15(17(18,19)20)23-16(22)13-6-5-12-10-14(21)8-7-11(12)9-13/h7-8,10,13,15,21H,2-6,9H2,1H3. The van der Waals surface area contributed by atoms with Gasteiger partial charge in [0.2, 0.25) is 0 Å². The third-order valence-corrected chi connectivity index (χ3v) is 4.19. The van der Waals surface area contributed by atoms with E-state index in [4.69, 9.17) is 4.74 Å². The Kier molecular flexibility index (Phi) is 5.55. The van der Waals surface area contributed by atoms with Crippen molar-refractivity contribution < 1.29 is 27.8 Å². The maximum absolute atomic E-state index is 12.9. The number of alkyl halides is 3. The second-order valence-corrected chi connectivity index (χ2v) is 6.00. The molecular formula is C17H21F3O3. The molecule has 0 spiro atoms. The largest absolute Gasteiger partial charge is 0.508 e. The van der Waals surface area contributed by atoms with Gasteiger partial charge >= 0.3 is 12.1 Å². The Balaban J connectivity index is 2.01. The van der Waals surface area contributed by atoms with E-state index >= 15 is 0 Å². The van der Waals surface area contributed by atoms with Crippen LogP contribution in [0.3, 0.4) is 0 Å². The first kappa shape index (κ1) is 17.6. The van der Waals surface area contributed by atoms with Gasteiger partial charge in [-0.05, 0) is 55.4 Å². The Morgan fingerprint density at radius 2 is 2.13 bits per heavy atom. The van der Waals surface area contributed by atoms with Gasteiger partial charge in [0, 0.05) is 0 Å². The Bertz CT molecular complexity index is 555. The lowest BCUT2D eigenvalue weighted by atomic mass is 9.84. The van der Waals surface area contributed by atoms with Crippen LogP contribution in [0.1, 0.15) is 43.7 Å². The van der Waals surface area contributed by atoms with Gasteiger partial charge < -0.3 is 9.84 Å². The highest BCUT2D eigenvalue weighted by atomic mass is 19.4. The number of carbonyl (C=O) groups is 1. The van der Waals surface area contributed by atoms with Crippen molar-refractivity contribution in [2.75, 3.05) is 0 Å². The molecule has 0 radical (unpaired) electrons. The fourth-order valence-corrected chi connectivity index (χ4v) is 2.86. The van der Waals surface area contributed by atoms with E-state index < -0.39 is 24.2 Å². The maximum atomic E-state index is 12.9. The lowest BCUT2D eigenvalue weighted by molar-refractivity contribution is -0.225. The second-order valence-electron chi connectivity index (χ2n) is 6.00. The van der Waals surface area contributed by atoms with Crippen molar-refractivity contribution in [3.05, 3.63) is 29.3 Å². The molecule has 0 saturated carbocycles. The Hall–Kier alpha value is -1.72. The van der Waals surface area contributed by atoms with Crippen LogP contribution in [0, 0.1) is 5.92 Å². The topological polar surface area (TPSA) is 46.5 Å². The van der Waals surface area contributed by atoms with Gasteiger partial charge in [-0.25, -0.2) is 0 Å². The van der Waals surface area contributed by atoms with E-state index in [1.165, 1.54) is 6.07 Å². The molecule has 1 aliphatic carbocycles. The number of ether oxygens (including phenoxy) is 1. The first-order valence-corrected chi connectivity index (χ1v) is 7.89. The van der Waals surface area contributed by atoms with Gasteiger partial charge in [0.15, 0.2) is 6.10 Å². The molecule has 0 aliphatic heterocycles. The number of fused-ring (bicyclic) bond motifs is 1. The third kappa shape index (κ3) is 4.62. The van der Waals surface area contributed by atoms with Crippen LogP contribution >= 0.6 is 0 Å². The molecule has 1 N–H and O–H groups in total. The number of aromatic hydroxyl groups is 1. The van der Waals surface area contributed by atoms with Crippen molar-refractivity contribution in [2.24, 2.45) is 5.92 Å². The van der Waals surface area contributed by atoms with Crippen molar-refractivity contribution in [2.45, 2.75) is 57.7 Å². The number of halogens is 3. The van der Waals surface area contributed by atoms with E-state index in [2.05, 4.69) is 0 Å². The van der Waals surface area contributed by atoms with E-state index in [9.17, 15) is 23.1 Å². The highest BCUT2D eigenvalue weighted by molar-refractivity contribution is 5.73. The first-order chi connectivity index (χ1) is 10.8. The molecule has 2 atom stereocenters. The number of carbonyl (C=O) groups excluding carboxylic acids is 1. The monoisotopic (exact) mass is 330 g/mol. The summed E-state index contributed by atoms with van der Waals surface area (Å²) in [5.74, 6) is -1.18. The summed E-state index contributed by atoms with van der Waals surface area (Å²) >= 11 is 0. The summed E-state index contributed by atoms with van der Waals surface area (Å²) in [7, 11) is 0. The molecular weight excluding hydrogens is 309 g/mol. The van der Waals surface area contributed by atoms with Crippen LogP contribution in [-0.4, -0.2) is 23.4 Å². The minimum absolute atomic E-state index is 0.154. The zero-order valence-electron chi connectivity index (χ0n) is 13.0. The smallest absolute Gasteiger partial charge is 0.425 e. The number of aryl methyl sites for hydroxylation is 1. The van der Waals surface area contributed by atoms with Crippen molar-refractivity contribution >= 4 is 5.97 Å². The summed E-state index contributed by atoms with van der Waals surface area (Å²) in [5, 5.41) is 9.44. The zero-order chi connectivity index (χ0) is 17.0. The Morgan fingerprint density at radius 1 is 1.39 bits per heavy atom. The summed E-state index contributed by atoms with van der Waals surface area (Å²) < 4.78 is 43.6. The highest BCUT2D eigenvalue weighted by Gasteiger charge is 2.43. The molecule has 2 rings (SSSR count). The minimum atomic E-state index is -4.52. The first-order valence-electron chi connectivity index (χ1n) is 7.89. The average Bonchev–Trinajstić information content (AvgIpc) is 2.49. The summed E-state index contributed by atoms with van der Waals surface area (Å²) in [6.07, 6.45) is -4.41. The SMILES string of the molecule is CCCCC(OC(=O)C1CCc2cc(O)ccc2C1)C(F)(F)F. The quantitative estimate of drug-likeness (QED) is 0.825. The number of phenolic OH excluding ortho intramolecular Hbond substituents is 1. The molecule has 0 fully saturated rings. The zero-order valence-corrected chi connectivity index (χ0v) is 13.0. The number of phenols is 1. The molecule has 1 aromatic carbocycles. The van der Waals surface area contributed by atoms with Gasteiger partial charge in [-0.15, -0.1) is 0 Å². The maximum Gasteiger partial charge on any atom is 0.425 e. The van der Waals surface area contributed by atoms with E-state index in [1.807, 2.05) is 0 Å². The van der Waals surface area contributed by atoms with Gasteiger partial charge in [-0.2, -0.15) is 13.2 Å². The van der Waals surface area contributed by atoms with Gasteiger partial charge in [-0.3, -0.25) is 4.79 Å². The average molecular weight is 330 g/mol. The number of esters is 1. The molecule has 2 unspecified atom stereocenters.